The van der Waals surface area contributed by atoms with Gasteiger partial charge in [-0.3, -0.25) is 10.3 Å². The molecule has 1 unspecified atom stereocenters. The molecule has 0 heterocycles. The predicted molar refractivity (Wildman–Crippen MR) is 113 cm³/mol. The highest BCUT2D eigenvalue weighted by atomic mass is 28.1. The Bertz CT molecular complexity index is 375. The van der Waals surface area contributed by atoms with Gasteiger partial charge in [0.1, 0.15) is 6.10 Å². The number of rotatable bonds is 14. The summed E-state index contributed by atoms with van der Waals surface area (Å²) in [4.78, 5) is 4.59. The van der Waals surface area contributed by atoms with Crippen molar-refractivity contribution in [1.82, 2.24) is 16.0 Å². The average molecular weight is 391 g/mol. The molecule has 0 amide bonds. The van der Waals surface area contributed by atoms with E-state index in [0.717, 1.165) is 22.2 Å². The van der Waals surface area contributed by atoms with Crippen LogP contribution in [0.4, 0.5) is 0 Å². The Morgan fingerprint density at radius 1 is 1.00 bits per heavy atom. The maximum Gasteiger partial charge on any atom is 0.254 e. The fourth-order valence-corrected chi connectivity index (χ4v) is 3.43. The summed E-state index contributed by atoms with van der Waals surface area (Å²) in [5.41, 5.74) is 0. The summed E-state index contributed by atoms with van der Waals surface area (Å²) in [6.45, 7) is 17.4. The Morgan fingerprint density at radius 3 is 2.04 bits per heavy atom. The van der Waals surface area contributed by atoms with Crippen LogP contribution in [0.1, 0.15) is 48.5 Å². The minimum Gasteiger partial charge on any atom is -0.372 e. The van der Waals surface area contributed by atoms with Crippen LogP contribution in [0.2, 0.25) is 6.04 Å². The van der Waals surface area contributed by atoms with E-state index in [9.17, 15) is 0 Å². The van der Waals surface area contributed by atoms with Crippen LogP contribution in [0.3, 0.4) is 0 Å². The number of nitrogens with zero attached hydrogens (tertiary/aromatic N) is 1. The first kappa shape index (κ1) is 25.3. The Balaban J connectivity index is 4.91. The van der Waals surface area contributed by atoms with Gasteiger partial charge in [-0.05, 0) is 54.5 Å². The van der Waals surface area contributed by atoms with Crippen molar-refractivity contribution in [1.29, 1.82) is 0 Å². The number of nitrogens with one attached hydrogen (secondary N) is 3. The molecular weight excluding hydrogens is 348 g/mol. The molecule has 0 saturated heterocycles. The number of hydrogen-bond acceptors (Lipinski definition) is 5. The molecule has 0 aromatic heterocycles. The second kappa shape index (κ2) is 14.4. The highest BCUT2D eigenvalue weighted by Crippen LogP contribution is 2.21. The van der Waals surface area contributed by atoms with Crippen molar-refractivity contribution in [2.24, 2.45) is 4.99 Å². The first-order valence-corrected chi connectivity index (χ1v) is 11.5. The molecule has 26 heavy (non-hydrogen) atoms. The van der Waals surface area contributed by atoms with Crippen molar-refractivity contribution < 1.29 is 14.2 Å². The molecule has 3 N–H and O–H groups in total. The Morgan fingerprint density at radius 2 is 1.62 bits per heavy atom. The molecule has 0 saturated carbocycles. The molecule has 0 aliphatic rings. The zero-order valence-electron chi connectivity index (χ0n) is 18.1. The molecule has 0 aromatic rings. The molecule has 7 nitrogen and oxygen atoms in total. The van der Waals surface area contributed by atoms with Crippen molar-refractivity contribution in [3.63, 3.8) is 0 Å². The van der Waals surface area contributed by atoms with Gasteiger partial charge in [0.25, 0.3) is 5.91 Å². The first-order valence-electron chi connectivity index (χ1n) is 10.1. The van der Waals surface area contributed by atoms with E-state index < -0.39 is 5.91 Å². The van der Waals surface area contributed by atoms with Gasteiger partial charge in [0.2, 0.25) is 0 Å². The monoisotopic (exact) mass is 390 g/mol. The molecule has 0 spiro atoms. The standard InChI is InChI=1S/C18H42N4O3Si/c1-8-23-16(13-26)18(24-9-2,25-10-3)20-12-11-19-17(21-14(4)5)22-15(6)7/h14-16,20H,8-13H2,1-7,26H3,(H2,19,21,22). The van der Waals surface area contributed by atoms with Crippen LogP contribution in [0.25, 0.3) is 0 Å². The quantitative estimate of drug-likeness (QED) is 0.134. The van der Waals surface area contributed by atoms with Crippen LogP contribution in [-0.4, -0.2) is 73.2 Å². The van der Waals surface area contributed by atoms with Crippen LogP contribution < -0.4 is 16.0 Å². The van der Waals surface area contributed by atoms with Gasteiger partial charge in [0, 0.05) is 55.2 Å². The lowest BCUT2D eigenvalue weighted by Gasteiger charge is -2.39. The van der Waals surface area contributed by atoms with E-state index in [1.807, 2.05) is 20.8 Å². The molecule has 8 heteroatoms. The molecule has 0 rings (SSSR count). The highest BCUT2D eigenvalue weighted by Gasteiger charge is 2.40. The third-order valence-electron chi connectivity index (χ3n) is 3.48. The van der Waals surface area contributed by atoms with Gasteiger partial charge in [0.15, 0.2) is 5.96 Å². The van der Waals surface area contributed by atoms with Crippen LogP contribution in [0, 0.1) is 0 Å². The van der Waals surface area contributed by atoms with Gasteiger partial charge in [-0.2, -0.15) is 0 Å². The molecule has 0 radical (unpaired) electrons. The van der Waals surface area contributed by atoms with E-state index in [1.165, 1.54) is 0 Å². The van der Waals surface area contributed by atoms with Gasteiger partial charge in [-0.25, -0.2) is 0 Å². The van der Waals surface area contributed by atoms with Gasteiger partial charge in [-0.15, -0.1) is 0 Å². The van der Waals surface area contributed by atoms with Crippen molar-refractivity contribution in [2.75, 3.05) is 32.9 Å². The zero-order valence-corrected chi connectivity index (χ0v) is 20.1. The SMILES string of the molecule is CCOC(C[SiH3])C(NCCNC(=NC(C)C)NC(C)C)(OCC)OCC. The molecule has 0 aromatic carbocycles. The molecule has 1 atom stereocenters. The Hall–Kier alpha value is -0.673. The smallest absolute Gasteiger partial charge is 0.254 e. The second-order valence-electron chi connectivity index (χ2n) is 6.61. The highest BCUT2D eigenvalue weighted by molar-refractivity contribution is 6.08. The van der Waals surface area contributed by atoms with Gasteiger partial charge in [-0.1, -0.05) is 0 Å². The van der Waals surface area contributed by atoms with Crippen molar-refractivity contribution in [3.05, 3.63) is 0 Å². The topological polar surface area (TPSA) is 76.1 Å². The van der Waals surface area contributed by atoms with Gasteiger partial charge >= 0.3 is 0 Å². The second-order valence-corrected chi connectivity index (χ2v) is 7.43. The third kappa shape index (κ3) is 9.87. The van der Waals surface area contributed by atoms with Gasteiger partial charge < -0.3 is 24.8 Å². The fourth-order valence-electron chi connectivity index (χ4n) is 2.65. The lowest BCUT2D eigenvalue weighted by molar-refractivity contribution is -0.301. The molecule has 0 aliphatic heterocycles. The maximum absolute atomic E-state index is 6.00. The van der Waals surface area contributed by atoms with E-state index in [1.54, 1.807) is 0 Å². The summed E-state index contributed by atoms with van der Waals surface area (Å²) in [6.07, 6.45) is -0.114. The number of ether oxygens (including phenoxy) is 3. The van der Waals surface area contributed by atoms with Crippen molar-refractivity contribution in [2.45, 2.75) is 78.6 Å². The molecule has 0 aliphatic carbocycles. The largest absolute Gasteiger partial charge is 0.372 e. The van der Waals surface area contributed by atoms with Gasteiger partial charge in [0.05, 0.1) is 0 Å². The maximum atomic E-state index is 6.00. The summed E-state index contributed by atoms with van der Waals surface area (Å²) in [5.74, 6) is -0.0801. The normalized spacial score (nSPS) is 14.3. The van der Waals surface area contributed by atoms with Crippen LogP contribution in [0.15, 0.2) is 4.99 Å². The molecule has 0 fully saturated rings. The molecule has 0 bridgehead atoms. The third-order valence-corrected chi connectivity index (χ3v) is 4.22. The zero-order chi connectivity index (χ0) is 20.0. The van der Waals surface area contributed by atoms with E-state index in [0.29, 0.717) is 39.0 Å². The number of hydrogen-bond donors (Lipinski definition) is 3. The van der Waals surface area contributed by atoms with Crippen LogP contribution in [-0.2, 0) is 14.2 Å². The lowest BCUT2D eigenvalue weighted by Crippen LogP contribution is -2.61. The van der Waals surface area contributed by atoms with E-state index in [4.69, 9.17) is 14.2 Å². The molecular formula is C18H42N4O3Si. The Kier molecular flexibility index (Phi) is 14.0. The lowest BCUT2D eigenvalue weighted by atomic mass is 10.2. The van der Waals surface area contributed by atoms with Crippen LogP contribution in [0.5, 0.6) is 0 Å². The minimum atomic E-state index is -0.899. The summed E-state index contributed by atoms with van der Waals surface area (Å²) in [7, 11) is 1.01. The Labute approximate surface area is 163 Å². The number of aliphatic imine (C=N–C) groups is 1. The van der Waals surface area contributed by atoms with Crippen molar-refractivity contribution >= 4 is 16.2 Å². The predicted octanol–water partition coefficient (Wildman–Crippen LogP) is 0.844. The van der Waals surface area contributed by atoms with E-state index >= 15 is 0 Å². The summed E-state index contributed by atoms with van der Waals surface area (Å²) in [5, 5.41) is 10.1. The van der Waals surface area contributed by atoms with Crippen molar-refractivity contribution in [3.8, 4) is 0 Å². The fraction of sp³-hybridized carbons (Fsp3) is 0.944. The first-order chi connectivity index (χ1) is 12.3. The van der Waals surface area contributed by atoms with E-state index in [-0.39, 0.29) is 12.1 Å². The molecule has 156 valence electrons. The average Bonchev–Trinajstić information content (AvgIpc) is 2.55. The van der Waals surface area contributed by atoms with E-state index in [2.05, 4.69) is 48.6 Å². The van der Waals surface area contributed by atoms with Crippen LogP contribution >= 0.6 is 0 Å². The minimum absolute atomic E-state index is 0.114. The summed E-state index contributed by atoms with van der Waals surface area (Å²) < 4.78 is 17.9. The summed E-state index contributed by atoms with van der Waals surface area (Å²) >= 11 is 0. The number of guanidine groups is 1. The summed E-state index contributed by atoms with van der Waals surface area (Å²) in [6, 6.07) is 1.49.